The first-order valence-corrected chi connectivity index (χ1v) is 5.24. The smallest absolute Gasteiger partial charge is 0.251 e. The summed E-state index contributed by atoms with van der Waals surface area (Å²) < 4.78 is 0. The molecule has 0 bridgehead atoms. The maximum atomic E-state index is 11.5. The first kappa shape index (κ1) is 11.5. The first-order valence-electron chi connectivity index (χ1n) is 5.24. The van der Waals surface area contributed by atoms with Gasteiger partial charge in [-0.05, 0) is 38.5 Å². The minimum atomic E-state index is -1.26. The summed E-state index contributed by atoms with van der Waals surface area (Å²) in [6, 6.07) is 0.240. The van der Waals surface area contributed by atoms with Crippen molar-refractivity contribution in [2.24, 2.45) is 5.41 Å². The molecule has 1 amide bonds. The van der Waals surface area contributed by atoms with E-state index >= 15 is 0 Å². The molecule has 0 heterocycles. The summed E-state index contributed by atoms with van der Waals surface area (Å²) in [6.07, 6.45) is 3.17. The third kappa shape index (κ3) is 2.98. The average molecular weight is 199 g/mol. The van der Waals surface area contributed by atoms with Crippen LogP contribution >= 0.6 is 0 Å². The third-order valence-corrected chi connectivity index (χ3v) is 2.86. The number of carbonyl (C=O) groups excluding carboxylic acids is 1. The Balaban J connectivity index is 2.44. The molecule has 1 rings (SSSR count). The van der Waals surface area contributed by atoms with E-state index in [9.17, 15) is 9.90 Å². The summed E-state index contributed by atoms with van der Waals surface area (Å²) in [5.41, 5.74) is -0.926. The van der Waals surface area contributed by atoms with Gasteiger partial charge in [0.2, 0.25) is 0 Å². The van der Waals surface area contributed by atoms with Crippen molar-refractivity contribution in [3.63, 3.8) is 0 Å². The van der Waals surface area contributed by atoms with E-state index in [0.29, 0.717) is 5.41 Å². The Kier molecular flexibility index (Phi) is 2.91. The van der Waals surface area contributed by atoms with Gasteiger partial charge in [0.1, 0.15) is 5.60 Å². The highest BCUT2D eigenvalue weighted by molar-refractivity contribution is 5.84. The van der Waals surface area contributed by atoms with Crippen LogP contribution in [0.4, 0.5) is 0 Å². The van der Waals surface area contributed by atoms with Gasteiger partial charge in [0, 0.05) is 6.04 Å². The Morgan fingerprint density at radius 2 is 2.07 bits per heavy atom. The number of hydrogen-bond acceptors (Lipinski definition) is 2. The Hall–Kier alpha value is -0.570. The van der Waals surface area contributed by atoms with Crippen molar-refractivity contribution in [2.75, 3.05) is 0 Å². The molecule has 0 aromatic heterocycles. The molecule has 0 aliphatic heterocycles. The van der Waals surface area contributed by atoms with Gasteiger partial charge >= 0.3 is 0 Å². The lowest BCUT2D eigenvalue weighted by Gasteiger charge is -2.22. The quantitative estimate of drug-likeness (QED) is 0.707. The van der Waals surface area contributed by atoms with Crippen molar-refractivity contribution < 1.29 is 9.90 Å². The zero-order valence-electron chi connectivity index (χ0n) is 9.55. The molecule has 82 valence electrons. The van der Waals surface area contributed by atoms with Crippen molar-refractivity contribution in [1.29, 1.82) is 0 Å². The van der Waals surface area contributed by atoms with Crippen LogP contribution in [0.5, 0.6) is 0 Å². The highest BCUT2D eigenvalue weighted by Gasteiger charge is 2.34. The molecule has 0 aromatic rings. The van der Waals surface area contributed by atoms with Crippen molar-refractivity contribution in [1.82, 2.24) is 5.32 Å². The van der Waals surface area contributed by atoms with Gasteiger partial charge in [0.25, 0.3) is 5.91 Å². The van der Waals surface area contributed by atoms with Gasteiger partial charge < -0.3 is 10.4 Å². The van der Waals surface area contributed by atoms with Crippen LogP contribution in [0.2, 0.25) is 0 Å². The molecule has 1 atom stereocenters. The normalized spacial score (nSPS) is 26.2. The molecule has 0 spiro atoms. The minimum absolute atomic E-state index is 0.240. The van der Waals surface area contributed by atoms with E-state index in [2.05, 4.69) is 19.2 Å². The predicted octanol–water partition coefficient (Wildman–Crippen LogP) is 1.45. The molecule has 0 saturated heterocycles. The van der Waals surface area contributed by atoms with Crippen LogP contribution in [0.25, 0.3) is 0 Å². The van der Waals surface area contributed by atoms with Gasteiger partial charge in [-0.1, -0.05) is 13.8 Å². The fourth-order valence-corrected chi connectivity index (χ4v) is 1.92. The monoisotopic (exact) mass is 199 g/mol. The van der Waals surface area contributed by atoms with Crippen LogP contribution in [0.1, 0.15) is 47.0 Å². The van der Waals surface area contributed by atoms with Crippen molar-refractivity contribution >= 4 is 5.91 Å². The number of rotatable bonds is 2. The fourth-order valence-electron chi connectivity index (χ4n) is 1.92. The van der Waals surface area contributed by atoms with Gasteiger partial charge in [0.15, 0.2) is 0 Å². The lowest BCUT2D eigenvalue weighted by Crippen LogP contribution is -2.46. The summed E-state index contributed by atoms with van der Waals surface area (Å²) in [7, 11) is 0. The molecule has 14 heavy (non-hydrogen) atoms. The zero-order chi connectivity index (χ0) is 11.0. The van der Waals surface area contributed by atoms with E-state index in [-0.39, 0.29) is 11.9 Å². The third-order valence-electron chi connectivity index (χ3n) is 2.86. The number of carbonyl (C=O) groups is 1. The maximum Gasteiger partial charge on any atom is 0.251 e. The maximum absolute atomic E-state index is 11.5. The van der Waals surface area contributed by atoms with Gasteiger partial charge in [-0.15, -0.1) is 0 Å². The van der Waals surface area contributed by atoms with E-state index in [1.807, 2.05) is 0 Å². The Morgan fingerprint density at radius 3 is 2.43 bits per heavy atom. The average Bonchev–Trinajstić information content (AvgIpc) is 2.28. The second-order valence-electron chi connectivity index (χ2n) is 5.64. The van der Waals surface area contributed by atoms with Crippen LogP contribution in [0, 0.1) is 5.41 Å². The number of nitrogens with one attached hydrogen (secondary N) is 1. The van der Waals surface area contributed by atoms with Crippen molar-refractivity contribution in [3.8, 4) is 0 Å². The van der Waals surface area contributed by atoms with Crippen LogP contribution in [0.3, 0.4) is 0 Å². The largest absolute Gasteiger partial charge is 0.381 e. The molecule has 2 N–H and O–H groups in total. The lowest BCUT2D eigenvalue weighted by molar-refractivity contribution is -0.137. The van der Waals surface area contributed by atoms with Gasteiger partial charge in [-0.3, -0.25) is 4.79 Å². The molecular formula is C11H21NO2. The summed E-state index contributed by atoms with van der Waals surface area (Å²) in [5.74, 6) is -0.264. The van der Waals surface area contributed by atoms with Crippen LogP contribution in [-0.4, -0.2) is 22.7 Å². The summed E-state index contributed by atoms with van der Waals surface area (Å²) >= 11 is 0. The SMILES string of the molecule is CC1(C)CCC(NC(=O)C(C)(C)O)C1. The Morgan fingerprint density at radius 1 is 1.50 bits per heavy atom. The van der Waals surface area contributed by atoms with E-state index < -0.39 is 5.60 Å². The zero-order valence-corrected chi connectivity index (χ0v) is 9.55. The molecule has 0 aromatic carbocycles. The standard InChI is InChI=1S/C11H21NO2/c1-10(2)6-5-8(7-10)12-9(13)11(3,4)14/h8,14H,5-7H2,1-4H3,(H,12,13). The van der Waals surface area contributed by atoms with Crippen LogP contribution in [-0.2, 0) is 4.79 Å². The summed E-state index contributed by atoms with van der Waals surface area (Å²) in [4.78, 5) is 11.5. The van der Waals surface area contributed by atoms with Crippen LogP contribution < -0.4 is 5.32 Å². The minimum Gasteiger partial charge on any atom is -0.381 e. The summed E-state index contributed by atoms with van der Waals surface area (Å²) in [5, 5.41) is 12.4. The summed E-state index contributed by atoms with van der Waals surface area (Å²) in [6.45, 7) is 7.46. The second-order valence-corrected chi connectivity index (χ2v) is 5.64. The molecule has 1 unspecified atom stereocenters. The van der Waals surface area contributed by atoms with Crippen molar-refractivity contribution in [3.05, 3.63) is 0 Å². The highest BCUT2D eigenvalue weighted by Crippen LogP contribution is 2.36. The van der Waals surface area contributed by atoms with Gasteiger partial charge in [0.05, 0.1) is 0 Å². The molecule has 3 nitrogen and oxygen atoms in total. The second kappa shape index (κ2) is 3.54. The lowest BCUT2D eigenvalue weighted by atomic mass is 9.92. The molecule has 3 heteroatoms. The Bertz CT molecular complexity index is 228. The molecule has 0 radical (unpaired) electrons. The first-order chi connectivity index (χ1) is 6.21. The Labute approximate surface area is 85.9 Å². The number of amides is 1. The van der Waals surface area contributed by atoms with Gasteiger partial charge in [-0.2, -0.15) is 0 Å². The van der Waals surface area contributed by atoms with Gasteiger partial charge in [-0.25, -0.2) is 0 Å². The highest BCUT2D eigenvalue weighted by atomic mass is 16.3. The number of hydrogen-bond donors (Lipinski definition) is 2. The van der Waals surface area contributed by atoms with Crippen molar-refractivity contribution in [2.45, 2.75) is 58.6 Å². The van der Waals surface area contributed by atoms with E-state index in [4.69, 9.17) is 0 Å². The number of aliphatic hydroxyl groups is 1. The van der Waals surface area contributed by atoms with Crippen LogP contribution in [0.15, 0.2) is 0 Å². The molecule has 1 fully saturated rings. The van der Waals surface area contributed by atoms with E-state index in [1.165, 1.54) is 13.8 Å². The predicted molar refractivity (Wildman–Crippen MR) is 55.9 cm³/mol. The topological polar surface area (TPSA) is 49.3 Å². The van der Waals surface area contributed by atoms with E-state index in [0.717, 1.165) is 19.3 Å². The molecule has 1 aliphatic carbocycles. The molecular weight excluding hydrogens is 178 g/mol. The van der Waals surface area contributed by atoms with E-state index in [1.54, 1.807) is 0 Å². The fraction of sp³-hybridized carbons (Fsp3) is 0.909. The molecule has 1 saturated carbocycles. The molecule has 1 aliphatic rings.